The summed E-state index contributed by atoms with van der Waals surface area (Å²) < 4.78 is 0. The van der Waals surface area contributed by atoms with E-state index >= 15 is 0 Å². The van der Waals surface area contributed by atoms with Crippen LogP contribution >= 0.6 is 0 Å². The first-order valence-corrected chi connectivity index (χ1v) is 4.83. The standard InChI is InChI=1S/C11H14BN/c1-13-8-4-7-11(13)9-5-2-3-6-10(9)12/h2-3,5-6,11H,4,7-8H2,1H3. The highest BCUT2D eigenvalue weighted by Crippen LogP contribution is 2.28. The summed E-state index contributed by atoms with van der Waals surface area (Å²) >= 11 is 0. The fourth-order valence-corrected chi connectivity index (χ4v) is 2.12. The number of benzene rings is 1. The van der Waals surface area contributed by atoms with Crippen molar-refractivity contribution in [3.05, 3.63) is 29.8 Å². The Bertz CT molecular complexity index is 298. The first-order valence-electron chi connectivity index (χ1n) is 4.83. The minimum Gasteiger partial charge on any atom is -0.299 e. The molecule has 13 heavy (non-hydrogen) atoms. The second kappa shape index (κ2) is 3.55. The topological polar surface area (TPSA) is 3.24 Å². The van der Waals surface area contributed by atoms with Crippen LogP contribution in [0.1, 0.15) is 24.4 Å². The maximum atomic E-state index is 5.94. The van der Waals surface area contributed by atoms with Gasteiger partial charge >= 0.3 is 0 Å². The lowest BCUT2D eigenvalue weighted by molar-refractivity contribution is 0.318. The van der Waals surface area contributed by atoms with Crippen molar-refractivity contribution >= 4 is 13.3 Å². The second-order valence-electron chi connectivity index (χ2n) is 3.77. The van der Waals surface area contributed by atoms with Gasteiger partial charge in [-0.15, -0.1) is 0 Å². The fourth-order valence-electron chi connectivity index (χ4n) is 2.12. The zero-order chi connectivity index (χ0) is 9.26. The van der Waals surface area contributed by atoms with Gasteiger partial charge in [-0.2, -0.15) is 0 Å². The van der Waals surface area contributed by atoms with E-state index in [0.717, 1.165) is 5.46 Å². The summed E-state index contributed by atoms with van der Waals surface area (Å²) in [5, 5.41) is 0. The average molecular weight is 171 g/mol. The van der Waals surface area contributed by atoms with Gasteiger partial charge in [-0.25, -0.2) is 0 Å². The molecule has 0 saturated carbocycles. The summed E-state index contributed by atoms with van der Waals surface area (Å²) in [4.78, 5) is 2.38. The summed E-state index contributed by atoms with van der Waals surface area (Å²) in [5.41, 5.74) is 2.23. The molecule has 1 atom stereocenters. The van der Waals surface area contributed by atoms with Gasteiger partial charge in [-0.05, 0) is 32.0 Å². The van der Waals surface area contributed by atoms with Crippen LogP contribution in [0.3, 0.4) is 0 Å². The van der Waals surface area contributed by atoms with Gasteiger partial charge in [0.1, 0.15) is 7.85 Å². The van der Waals surface area contributed by atoms with Crippen molar-refractivity contribution in [1.29, 1.82) is 0 Å². The van der Waals surface area contributed by atoms with Crippen molar-refractivity contribution in [2.45, 2.75) is 18.9 Å². The van der Waals surface area contributed by atoms with Crippen LogP contribution in [-0.2, 0) is 0 Å². The van der Waals surface area contributed by atoms with E-state index in [0.29, 0.717) is 6.04 Å². The second-order valence-corrected chi connectivity index (χ2v) is 3.77. The van der Waals surface area contributed by atoms with Crippen molar-refractivity contribution < 1.29 is 0 Å². The molecule has 0 N–H and O–H groups in total. The minimum absolute atomic E-state index is 0.543. The number of rotatable bonds is 1. The van der Waals surface area contributed by atoms with Gasteiger partial charge < -0.3 is 0 Å². The van der Waals surface area contributed by atoms with Crippen molar-refractivity contribution in [1.82, 2.24) is 4.90 Å². The Kier molecular flexibility index (Phi) is 2.41. The van der Waals surface area contributed by atoms with E-state index in [2.05, 4.69) is 24.1 Å². The molecule has 2 heteroatoms. The Balaban J connectivity index is 2.29. The highest BCUT2D eigenvalue weighted by Gasteiger charge is 2.22. The number of hydrogen-bond donors (Lipinski definition) is 0. The maximum absolute atomic E-state index is 5.94. The van der Waals surface area contributed by atoms with Gasteiger partial charge in [0.05, 0.1) is 0 Å². The van der Waals surface area contributed by atoms with Crippen LogP contribution in [-0.4, -0.2) is 26.3 Å². The molecule has 0 spiro atoms. The molecular formula is C11H14BN. The molecule has 0 aromatic heterocycles. The van der Waals surface area contributed by atoms with Crippen LogP contribution in [0.15, 0.2) is 24.3 Å². The third-order valence-electron chi connectivity index (χ3n) is 2.88. The van der Waals surface area contributed by atoms with E-state index in [-0.39, 0.29) is 0 Å². The van der Waals surface area contributed by atoms with Gasteiger partial charge in [0.25, 0.3) is 0 Å². The molecular weight excluding hydrogens is 157 g/mol. The predicted octanol–water partition coefficient (Wildman–Crippen LogP) is 1.25. The highest BCUT2D eigenvalue weighted by atomic mass is 15.1. The van der Waals surface area contributed by atoms with Gasteiger partial charge in [0, 0.05) is 6.04 Å². The van der Waals surface area contributed by atoms with Crippen LogP contribution in [0, 0.1) is 0 Å². The van der Waals surface area contributed by atoms with E-state index in [1.165, 1.54) is 24.9 Å². The van der Waals surface area contributed by atoms with Crippen LogP contribution in [0.25, 0.3) is 0 Å². The monoisotopic (exact) mass is 171 g/mol. The fraction of sp³-hybridized carbons (Fsp3) is 0.455. The lowest BCUT2D eigenvalue weighted by Crippen LogP contribution is -2.23. The van der Waals surface area contributed by atoms with Crippen LogP contribution in [0.2, 0.25) is 0 Å². The Labute approximate surface area is 81.2 Å². The summed E-state index contributed by atoms with van der Waals surface area (Å²) in [7, 11) is 8.11. The minimum atomic E-state index is 0.543. The molecule has 0 amide bonds. The third kappa shape index (κ3) is 1.64. The van der Waals surface area contributed by atoms with Gasteiger partial charge in [-0.3, -0.25) is 4.90 Å². The maximum Gasteiger partial charge on any atom is 0.114 e. The van der Waals surface area contributed by atoms with Crippen molar-refractivity contribution in [3.63, 3.8) is 0 Å². The zero-order valence-corrected chi connectivity index (χ0v) is 8.03. The van der Waals surface area contributed by atoms with E-state index < -0.39 is 0 Å². The summed E-state index contributed by atoms with van der Waals surface area (Å²) in [6.07, 6.45) is 2.53. The van der Waals surface area contributed by atoms with Crippen molar-refractivity contribution in [3.8, 4) is 0 Å². The quantitative estimate of drug-likeness (QED) is 0.574. The molecule has 0 aliphatic carbocycles. The van der Waals surface area contributed by atoms with Gasteiger partial charge in [-0.1, -0.05) is 29.7 Å². The van der Waals surface area contributed by atoms with E-state index in [1.54, 1.807) is 0 Å². The van der Waals surface area contributed by atoms with Crippen LogP contribution in [0.4, 0.5) is 0 Å². The summed E-state index contributed by atoms with van der Waals surface area (Å²) in [5.74, 6) is 0. The Morgan fingerprint density at radius 2 is 2.15 bits per heavy atom. The average Bonchev–Trinajstić information content (AvgIpc) is 2.52. The van der Waals surface area contributed by atoms with Gasteiger partial charge in [0.2, 0.25) is 0 Å². The molecule has 1 aliphatic heterocycles. The Hall–Kier alpha value is -0.755. The third-order valence-corrected chi connectivity index (χ3v) is 2.88. The molecule has 0 bridgehead atoms. The van der Waals surface area contributed by atoms with Crippen molar-refractivity contribution in [2.24, 2.45) is 0 Å². The molecule has 1 aromatic carbocycles. The smallest absolute Gasteiger partial charge is 0.114 e. The van der Waals surface area contributed by atoms with E-state index in [4.69, 9.17) is 7.85 Å². The molecule has 1 saturated heterocycles. The SMILES string of the molecule is [B]c1ccccc1C1CCCN1C. The molecule has 2 rings (SSSR count). The molecule has 1 fully saturated rings. The number of likely N-dealkylation sites (tertiary alicyclic amines) is 1. The van der Waals surface area contributed by atoms with Crippen LogP contribution < -0.4 is 5.46 Å². The summed E-state index contributed by atoms with van der Waals surface area (Å²) in [6, 6.07) is 8.73. The lowest BCUT2D eigenvalue weighted by atomic mass is 9.86. The molecule has 2 radical (unpaired) electrons. The zero-order valence-electron chi connectivity index (χ0n) is 8.03. The normalized spacial score (nSPS) is 23.6. The largest absolute Gasteiger partial charge is 0.299 e. The van der Waals surface area contributed by atoms with Gasteiger partial charge in [0.15, 0.2) is 0 Å². The molecule has 1 aliphatic rings. The lowest BCUT2D eigenvalue weighted by Gasteiger charge is -2.21. The van der Waals surface area contributed by atoms with E-state index in [9.17, 15) is 0 Å². The molecule has 1 unspecified atom stereocenters. The molecule has 66 valence electrons. The Morgan fingerprint density at radius 1 is 1.38 bits per heavy atom. The number of hydrogen-bond acceptors (Lipinski definition) is 1. The number of nitrogens with zero attached hydrogens (tertiary/aromatic N) is 1. The first-order chi connectivity index (χ1) is 6.29. The summed E-state index contributed by atoms with van der Waals surface area (Å²) in [6.45, 7) is 1.19. The Morgan fingerprint density at radius 3 is 2.77 bits per heavy atom. The molecule has 1 heterocycles. The molecule has 1 nitrogen and oxygen atoms in total. The van der Waals surface area contributed by atoms with E-state index in [1.807, 2.05) is 12.1 Å². The highest BCUT2D eigenvalue weighted by molar-refractivity contribution is 6.33. The van der Waals surface area contributed by atoms with Crippen LogP contribution in [0.5, 0.6) is 0 Å². The predicted molar refractivity (Wildman–Crippen MR) is 56.4 cm³/mol. The molecule has 1 aromatic rings. The first kappa shape index (κ1) is 8.83. The van der Waals surface area contributed by atoms with Crippen molar-refractivity contribution in [2.75, 3.05) is 13.6 Å².